The molecular weight excluding hydrogens is 490 g/mol. The maximum Gasteiger partial charge on any atom is 0.323 e. The van der Waals surface area contributed by atoms with Crippen molar-refractivity contribution in [3.05, 3.63) is 23.8 Å². The van der Waals surface area contributed by atoms with E-state index >= 15 is 0 Å². The summed E-state index contributed by atoms with van der Waals surface area (Å²) in [7, 11) is 0. The van der Waals surface area contributed by atoms with E-state index in [4.69, 9.17) is 24.7 Å². The lowest BCUT2D eigenvalue weighted by Crippen LogP contribution is -2.40. The molecular formula is C29H45NO8. The Morgan fingerprint density at radius 2 is 1.29 bits per heavy atom. The van der Waals surface area contributed by atoms with Crippen molar-refractivity contribution in [3.63, 3.8) is 0 Å². The third kappa shape index (κ3) is 9.74. The van der Waals surface area contributed by atoms with Crippen molar-refractivity contribution in [2.24, 2.45) is 23.0 Å². The summed E-state index contributed by atoms with van der Waals surface area (Å²) in [6.07, 6.45) is 0.509. The van der Waals surface area contributed by atoms with Crippen molar-refractivity contribution < 1.29 is 38.1 Å². The number of esters is 4. The van der Waals surface area contributed by atoms with Crippen LogP contribution in [0.3, 0.4) is 0 Å². The normalized spacial score (nSPS) is 15.4. The van der Waals surface area contributed by atoms with Gasteiger partial charge < -0.3 is 24.7 Å². The summed E-state index contributed by atoms with van der Waals surface area (Å²) in [6, 6.07) is 3.67. The Labute approximate surface area is 226 Å². The van der Waals surface area contributed by atoms with Crippen LogP contribution in [0, 0.1) is 17.3 Å². The van der Waals surface area contributed by atoms with Gasteiger partial charge in [-0.15, -0.1) is 0 Å². The van der Waals surface area contributed by atoms with Crippen LogP contribution in [0.5, 0.6) is 11.5 Å². The summed E-state index contributed by atoms with van der Waals surface area (Å²) in [5.74, 6) is -2.41. The monoisotopic (exact) mass is 535 g/mol. The summed E-state index contributed by atoms with van der Waals surface area (Å²) in [5, 5.41) is 0. The number of benzene rings is 1. The molecule has 2 N–H and O–H groups in total. The quantitative estimate of drug-likeness (QED) is 0.264. The van der Waals surface area contributed by atoms with E-state index in [1.54, 1.807) is 47.6 Å². The minimum Gasteiger partial charge on any atom is -0.458 e. The molecule has 3 unspecified atom stereocenters. The van der Waals surface area contributed by atoms with Crippen molar-refractivity contribution in [2.75, 3.05) is 0 Å². The fraction of sp³-hybridized carbons (Fsp3) is 0.655. The van der Waals surface area contributed by atoms with Gasteiger partial charge in [-0.1, -0.05) is 40.7 Å². The summed E-state index contributed by atoms with van der Waals surface area (Å²) in [5.41, 5.74) is 6.06. The summed E-state index contributed by atoms with van der Waals surface area (Å²) in [4.78, 5) is 49.8. The second-order valence-electron chi connectivity index (χ2n) is 10.5. The van der Waals surface area contributed by atoms with Crippen molar-refractivity contribution in [1.82, 2.24) is 0 Å². The Hall–Kier alpha value is -2.94. The van der Waals surface area contributed by atoms with E-state index in [9.17, 15) is 19.2 Å². The lowest BCUT2D eigenvalue weighted by Gasteiger charge is -2.27. The van der Waals surface area contributed by atoms with Crippen molar-refractivity contribution in [3.8, 4) is 11.5 Å². The van der Waals surface area contributed by atoms with Crippen molar-refractivity contribution in [2.45, 2.75) is 106 Å². The number of hydrogen-bond acceptors (Lipinski definition) is 9. The highest BCUT2D eigenvalue weighted by Gasteiger charge is 2.31. The van der Waals surface area contributed by atoms with Crippen molar-refractivity contribution in [1.29, 1.82) is 0 Å². The topological polar surface area (TPSA) is 131 Å². The van der Waals surface area contributed by atoms with Gasteiger partial charge in [0.1, 0.15) is 18.2 Å². The fourth-order valence-corrected chi connectivity index (χ4v) is 2.87. The summed E-state index contributed by atoms with van der Waals surface area (Å²) < 4.78 is 21.9. The van der Waals surface area contributed by atoms with E-state index in [0.29, 0.717) is 24.8 Å². The molecule has 1 rings (SSSR count). The largest absolute Gasteiger partial charge is 0.458 e. The molecule has 0 aliphatic rings. The lowest BCUT2D eigenvalue weighted by atomic mass is 9.90. The molecule has 0 heterocycles. The molecule has 0 saturated carbocycles. The third-order valence-corrected chi connectivity index (χ3v) is 6.91. The second kappa shape index (κ2) is 14.9. The first-order valence-corrected chi connectivity index (χ1v) is 13.4. The Balaban J connectivity index is 2.98. The van der Waals surface area contributed by atoms with Gasteiger partial charge in [0.15, 0.2) is 11.5 Å². The fourth-order valence-electron chi connectivity index (χ4n) is 2.87. The van der Waals surface area contributed by atoms with Gasteiger partial charge in [0.05, 0.1) is 17.3 Å². The minimum atomic E-state index is -1.03. The van der Waals surface area contributed by atoms with Gasteiger partial charge in [0, 0.05) is 0 Å². The molecule has 0 saturated heterocycles. The molecule has 38 heavy (non-hydrogen) atoms. The van der Waals surface area contributed by atoms with E-state index in [-0.39, 0.29) is 35.7 Å². The molecule has 0 aliphatic heterocycles. The van der Waals surface area contributed by atoms with Crippen LogP contribution in [0.4, 0.5) is 0 Å². The number of ether oxygens (including phenoxy) is 4. The molecule has 5 atom stereocenters. The predicted molar refractivity (Wildman–Crippen MR) is 143 cm³/mol. The minimum absolute atomic E-state index is 0.0794. The Morgan fingerprint density at radius 3 is 1.79 bits per heavy atom. The molecule has 0 radical (unpaired) electrons. The third-order valence-electron chi connectivity index (χ3n) is 6.91. The molecule has 0 aromatic heterocycles. The maximum atomic E-state index is 12.7. The highest BCUT2D eigenvalue weighted by Crippen LogP contribution is 2.31. The Bertz CT molecular complexity index is 973. The van der Waals surface area contributed by atoms with Crippen LogP contribution in [-0.4, -0.2) is 42.1 Å². The van der Waals surface area contributed by atoms with E-state index in [1.807, 2.05) is 20.8 Å². The van der Waals surface area contributed by atoms with Crippen LogP contribution in [0.15, 0.2) is 18.2 Å². The number of rotatable bonds is 14. The van der Waals surface area contributed by atoms with Crippen LogP contribution >= 0.6 is 0 Å². The van der Waals surface area contributed by atoms with Crippen LogP contribution in [-0.2, 0) is 35.1 Å². The number of nitrogens with two attached hydrogens (primary N) is 1. The average molecular weight is 536 g/mol. The first-order valence-electron chi connectivity index (χ1n) is 13.4. The van der Waals surface area contributed by atoms with Gasteiger partial charge in [-0.25, -0.2) is 0 Å². The van der Waals surface area contributed by atoms with E-state index in [0.717, 1.165) is 0 Å². The Kier molecular flexibility index (Phi) is 12.9. The molecule has 1 aromatic carbocycles. The van der Waals surface area contributed by atoms with Crippen LogP contribution in [0.25, 0.3) is 0 Å². The SMILES string of the molecule is CCC(C)C(=O)Oc1ccc(C[C@H](N)C(=O)O[C@@H](C)C(C)OC(=O)C(C)(C)CC)cc1OC(=O)C(C)CC. The first-order chi connectivity index (χ1) is 17.7. The average Bonchev–Trinajstić information content (AvgIpc) is 2.88. The molecule has 0 bridgehead atoms. The van der Waals surface area contributed by atoms with Crippen molar-refractivity contribution >= 4 is 23.9 Å². The standard InChI is InChI=1S/C29H45NO8/c1-10-17(4)25(31)37-23-14-13-21(16-24(23)38-26(32)18(5)11-2)15-22(30)27(33)35-19(6)20(7)36-28(34)29(8,9)12-3/h13-14,16-20,22H,10-12,15,30H2,1-9H3/t17?,18?,19-,20?,22-/m0/s1. The van der Waals surface area contributed by atoms with Gasteiger partial charge in [-0.05, 0) is 71.1 Å². The number of carbonyl (C=O) groups excluding carboxylic acids is 4. The van der Waals surface area contributed by atoms with Gasteiger partial charge in [0.2, 0.25) is 0 Å². The molecule has 214 valence electrons. The van der Waals surface area contributed by atoms with Gasteiger partial charge in [0.25, 0.3) is 0 Å². The van der Waals surface area contributed by atoms with Gasteiger partial charge in [-0.3, -0.25) is 19.2 Å². The number of hydrogen-bond donors (Lipinski definition) is 1. The Morgan fingerprint density at radius 1 is 0.789 bits per heavy atom. The van der Waals surface area contributed by atoms with E-state index in [1.165, 1.54) is 12.1 Å². The van der Waals surface area contributed by atoms with Gasteiger partial charge in [-0.2, -0.15) is 0 Å². The van der Waals surface area contributed by atoms with Gasteiger partial charge >= 0.3 is 23.9 Å². The van der Waals surface area contributed by atoms with Crippen LogP contribution in [0.1, 0.15) is 87.1 Å². The molecule has 9 nitrogen and oxygen atoms in total. The molecule has 0 fully saturated rings. The zero-order chi connectivity index (χ0) is 29.2. The highest BCUT2D eigenvalue weighted by molar-refractivity contribution is 5.79. The van der Waals surface area contributed by atoms with Crippen LogP contribution in [0.2, 0.25) is 0 Å². The summed E-state index contributed by atoms with van der Waals surface area (Å²) >= 11 is 0. The molecule has 0 spiro atoms. The first kappa shape index (κ1) is 33.1. The summed E-state index contributed by atoms with van der Waals surface area (Å²) in [6.45, 7) is 16.0. The number of carbonyl (C=O) groups is 4. The maximum absolute atomic E-state index is 12.7. The smallest absolute Gasteiger partial charge is 0.323 e. The lowest BCUT2D eigenvalue weighted by molar-refractivity contribution is -0.172. The highest BCUT2D eigenvalue weighted by atomic mass is 16.6. The molecule has 9 heteroatoms. The zero-order valence-corrected chi connectivity index (χ0v) is 24.3. The molecule has 0 amide bonds. The van der Waals surface area contributed by atoms with E-state index < -0.39 is 41.6 Å². The second-order valence-corrected chi connectivity index (χ2v) is 10.5. The van der Waals surface area contributed by atoms with E-state index in [2.05, 4.69) is 0 Å². The molecule has 0 aliphatic carbocycles. The van der Waals surface area contributed by atoms with Crippen LogP contribution < -0.4 is 15.2 Å². The molecule has 1 aromatic rings. The zero-order valence-electron chi connectivity index (χ0n) is 24.3. The predicted octanol–water partition coefficient (Wildman–Crippen LogP) is 4.76.